The molecule has 0 bridgehead atoms. The lowest BCUT2D eigenvalue weighted by molar-refractivity contribution is 0.274. The van der Waals surface area contributed by atoms with Gasteiger partial charge in [0, 0.05) is 44.8 Å². The minimum atomic E-state index is -3.73. The summed E-state index contributed by atoms with van der Waals surface area (Å²) in [6.45, 7) is 2.12. The molecule has 0 radical (unpaired) electrons. The third-order valence-corrected chi connectivity index (χ3v) is 7.82. The minimum absolute atomic E-state index is 0.0113. The summed E-state index contributed by atoms with van der Waals surface area (Å²) in [6, 6.07) is 9.13. The quantitative estimate of drug-likeness (QED) is 0.734. The number of imidazole rings is 1. The molecule has 1 fully saturated rings. The van der Waals surface area contributed by atoms with E-state index in [2.05, 4.69) is 4.98 Å². The number of aryl methyl sites for hydroxylation is 2. The molecular weight excluding hydrogens is 388 g/mol. The second-order valence-electron chi connectivity index (χ2n) is 6.30. The Morgan fingerprint density at radius 1 is 0.963 bits per heavy atom. The van der Waals surface area contributed by atoms with Crippen LogP contribution in [0.4, 0.5) is 0 Å². The Morgan fingerprint density at radius 3 is 2.11 bits per heavy atom. The molecule has 8 nitrogen and oxygen atoms in total. The van der Waals surface area contributed by atoms with Crippen LogP contribution in [0.2, 0.25) is 0 Å². The van der Waals surface area contributed by atoms with Gasteiger partial charge in [-0.3, -0.25) is 0 Å². The first kappa shape index (κ1) is 19.7. The van der Waals surface area contributed by atoms with E-state index >= 15 is 0 Å². The average molecular weight is 411 g/mol. The molecule has 0 amide bonds. The highest BCUT2D eigenvalue weighted by Crippen LogP contribution is 2.19. The second kappa shape index (κ2) is 7.55. The van der Waals surface area contributed by atoms with Crippen LogP contribution in [-0.4, -0.2) is 61.2 Å². The Hall–Kier alpha value is -2.01. The van der Waals surface area contributed by atoms with Crippen molar-refractivity contribution in [3.63, 3.8) is 0 Å². The summed E-state index contributed by atoms with van der Waals surface area (Å²) < 4.78 is 54.6. The first-order chi connectivity index (χ1) is 12.7. The molecule has 1 aromatic heterocycles. The monoisotopic (exact) mass is 410 g/mol. The highest BCUT2D eigenvalue weighted by molar-refractivity contribution is 7.92. The van der Waals surface area contributed by atoms with Gasteiger partial charge in [0.2, 0.25) is 10.0 Å². The number of sulfonamides is 2. The Balaban J connectivity index is 1.68. The number of benzene rings is 1. The maximum absolute atomic E-state index is 12.7. The van der Waals surface area contributed by atoms with Gasteiger partial charge in [-0.25, -0.2) is 21.8 Å². The topological polar surface area (TPSA) is 92.6 Å². The summed E-state index contributed by atoms with van der Waals surface area (Å²) in [4.78, 5) is 4.08. The van der Waals surface area contributed by atoms with E-state index < -0.39 is 20.0 Å². The van der Waals surface area contributed by atoms with Crippen LogP contribution in [-0.2, 0) is 27.1 Å². The van der Waals surface area contributed by atoms with Gasteiger partial charge in [-0.2, -0.15) is 8.61 Å². The maximum Gasteiger partial charge on any atom is 0.262 e. The lowest BCUT2D eigenvalue weighted by Crippen LogP contribution is -2.50. The van der Waals surface area contributed by atoms with Crippen LogP contribution >= 0.6 is 0 Å². The number of hydrogen-bond donors (Lipinski definition) is 0. The SMILES string of the molecule is Cc1nc(S(=O)(=O)N2CCN(S(=O)(=O)/C=C/c3ccccc3)CC2)cn1C. The predicted molar refractivity (Wildman–Crippen MR) is 103 cm³/mol. The van der Waals surface area contributed by atoms with Crippen LogP contribution in [0.15, 0.2) is 47.0 Å². The lowest BCUT2D eigenvalue weighted by atomic mass is 10.2. The van der Waals surface area contributed by atoms with Gasteiger partial charge < -0.3 is 4.57 Å². The van der Waals surface area contributed by atoms with Crippen LogP contribution in [0.1, 0.15) is 11.4 Å². The van der Waals surface area contributed by atoms with Gasteiger partial charge >= 0.3 is 0 Å². The summed E-state index contributed by atoms with van der Waals surface area (Å²) in [5.74, 6) is 0.598. The lowest BCUT2D eigenvalue weighted by Gasteiger charge is -2.32. The van der Waals surface area contributed by atoms with Crippen molar-refractivity contribution in [2.75, 3.05) is 26.2 Å². The molecule has 0 unspecified atom stereocenters. The van der Waals surface area contributed by atoms with Crippen LogP contribution in [0, 0.1) is 6.92 Å². The molecule has 1 aliphatic heterocycles. The van der Waals surface area contributed by atoms with Gasteiger partial charge in [0.15, 0.2) is 5.03 Å². The number of rotatable bonds is 5. The first-order valence-corrected chi connectivity index (χ1v) is 11.4. The van der Waals surface area contributed by atoms with Gasteiger partial charge in [-0.15, -0.1) is 0 Å². The molecule has 10 heteroatoms. The summed E-state index contributed by atoms with van der Waals surface area (Å²) >= 11 is 0. The molecule has 0 saturated carbocycles. The molecule has 1 saturated heterocycles. The summed E-state index contributed by atoms with van der Waals surface area (Å²) in [5, 5.41) is 1.15. The Labute approximate surface area is 159 Å². The zero-order valence-electron chi connectivity index (χ0n) is 15.2. The van der Waals surface area contributed by atoms with E-state index in [9.17, 15) is 16.8 Å². The van der Waals surface area contributed by atoms with E-state index in [1.807, 2.05) is 30.3 Å². The van der Waals surface area contributed by atoms with E-state index in [1.54, 1.807) is 18.5 Å². The number of aromatic nitrogens is 2. The van der Waals surface area contributed by atoms with Crippen molar-refractivity contribution < 1.29 is 16.8 Å². The van der Waals surface area contributed by atoms with Crippen molar-refractivity contribution in [3.8, 4) is 0 Å². The van der Waals surface area contributed by atoms with Gasteiger partial charge in [-0.1, -0.05) is 30.3 Å². The van der Waals surface area contributed by atoms with Crippen molar-refractivity contribution in [1.29, 1.82) is 0 Å². The molecular formula is C17H22N4O4S2. The number of nitrogens with zero attached hydrogens (tertiary/aromatic N) is 4. The van der Waals surface area contributed by atoms with Gasteiger partial charge in [0.05, 0.1) is 0 Å². The Kier molecular flexibility index (Phi) is 5.52. The highest BCUT2D eigenvalue weighted by atomic mass is 32.2. The molecule has 0 atom stereocenters. The van der Waals surface area contributed by atoms with Crippen LogP contribution in [0.5, 0.6) is 0 Å². The van der Waals surface area contributed by atoms with E-state index in [0.29, 0.717) is 5.82 Å². The average Bonchev–Trinajstić information content (AvgIpc) is 3.01. The van der Waals surface area contributed by atoms with E-state index in [0.717, 1.165) is 11.0 Å². The predicted octanol–water partition coefficient (Wildman–Crippen LogP) is 1.04. The van der Waals surface area contributed by atoms with Crippen molar-refractivity contribution in [2.24, 2.45) is 7.05 Å². The number of hydrogen-bond acceptors (Lipinski definition) is 5. The van der Waals surface area contributed by atoms with Gasteiger partial charge in [0.25, 0.3) is 10.0 Å². The summed E-state index contributed by atoms with van der Waals surface area (Å²) in [7, 11) is -5.61. The zero-order chi connectivity index (χ0) is 19.7. The van der Waals surface area contributed by atoms with Crippen molar-refractivity contribution >= 4 is 26.1 Å². The highest BCUT2D eigenvalue weighted by Gasteiger charge is 2.33. The van der Waals surface area contributed by atoms with E-state index in [-0.39, 0.29) is 31.2 Å². The van der Waals surface area contributed by atoms with E-state index in [4.69, 9.17) is 0 Å². The fraction of sp³-hybridized carbons (Fsp3) is 0.353. The van der Waals surface area contributed by atoms with E-state index in [1.165, 1.54) is 20.9 Å². The molecule has 0 N–H and O–H groups in total. The second-order valence-corrected chi connectivity index (χ2v) is 10.0. The minimum Gasteiger partial charge on any atom is -0.337 e. The smallest absolute Gasteiger partial charge is 0.262 e. The molecule has 27 heavy (non-hydrogen) atoms. The third kappa shape index (κ3) is 4.29. The molecule has 146 valence electrons. The van der Waals surface area contributed by atoms with Gasteiger partial charge in [-0.05, 0) is 18.6 Å². The molecule has 1 aliphatic rings. The molecule has 0 aliphatic carbocycles. The van der Waals surface area contributed by atoms with Crippen molar-refractivity contribution in [3.05, 3.63) is 53.3 Å². The molecule has 2 heterocycles. The largest absolute Gasteiger partial charge is 0.337 e. The fourth-order valence-corrected chi connectivity index (χ4v) is 5.38. The number of piperazine rings is 1. The zero-order valence-corrected chi connectivity index (χ0v) is 16.8. The Bertz CT molecular complexity index is 1020. The normalized spacial score (nSPS) is 17.6. The molecule has 2 aromatic rings. The van der Waals surface area contributed by atoms with Crippen molar-refractivity contribution in [2.45, 2.75) is 11.9 Å². The van der Waals surface area contributed by atoms with Crippen molar-refractivity contribution in [1.82, 2.24) is 18.2 Å². The summed E-state index contributed by atoms with van der Waals surface area (Å²) in [6.07, 6.45) is 3.01. The molecule has 3 rings (SSSR count). The summed E-state index contributed by atoms with van der Waals surface area (Å²) in [5.41, 5.74) is 0.785. The standard InChI is InChI=1S/C17H22N4O4S2/c1-15-18-17(14-19(15)2)27(24,25)21-11-9-20(10-12-21)26(22,23)13-8-16-6-4-3-5-7-16/h3-8,13-14H,9-12H2,1-2H3/b13-8+. The molecule has 1 aromatic carbocycles. The van der Waals surface area contributed by atoms with Crippen LogP contribution in [0.25, 0.3) is 6.08 Å². The Morgan fingerprint density at radius 2 is 1.56 bits per heavy atom. The third-order valence-electron chi connectivity index (χ3n) is 4.48. The van der Waals surface area contributed by atoms with Gasteiger partial charge in [0.1, 0.15) is 5.82 Å². The van der Waals surface area contributed by atoms with Crippen LogP contribution in [0.3, 0.4) is 0 Å². The maximum atomic E-state index is 12.7. The molecule has 0 spiro atoms. The van der Waals surface area contributed by atoms with Crippen LogP contribution < -0.4 is 0 Å². The fourth-order valence-electron chi connectivity index (χ4n) is 2.76. The first-order valence-electron chi connectivity index (χ1n) is 8.43.